The highest BCUT2D eigenvalue weighted by Gasteiger charge is 2.36. The van der Waals surface area contributed by atoms with Crippen LogP contribution in [0.5, 0.6) is 0 Å². The molecule has 2 N–H and O–H groups in total. The molecule has 2 rings (SSSR count). The Kier molecular flexibility index (Phi) is 3.25. The second kappa shape index (κ2) is 4.63. The summed E-state index contributed by atoms with van der Waals surface area (Å²) in [5, 5.41) is 16.8. The molecule has 1 aromatic carbocycles. The molecule has 0 unspecified atom stereocenters. The van der Waals surface area contributed by atoms with E-state index in [-0.39, 0.29) is 5.91 Å². The molecule has 1 heterocycles. The van der Waals surface area contributed by atoms with Gasteiger partial charge in [-0.3, -0.25) is 9.89 Å². The normalized spacial score (nSPS) is 11.6. The van der Waals surface area contributed by atoms with E-state index in [2.05, 4.69) is 10.2 Å². The summed E-state index contributed by atoms with van der Waals surface area (Å²) in [5.74, 6) is -1.41. The molecule has 0 aliphatic rings. The van der Waals surface area contributed by atoms with Gasteiger partial charge in [0, 0.05) is 12.4 Å². The number of nitrogens with one attached hydrogen (secondary N) is 1. The van der Waals surface area contributed by atoms with Crippen molar-refractivity contribution in [1.82, 2.24) is 15.1 Å². The van der Waals surface area contributed by atoms with Crippen molar-refractivity contribution in [2.24, 2.45) is 0 Å². The van der Waals surface area contributed by atoms with Crippen LogP contribution in [0.25, 0.3) is 10.9 Å². The number of H-pyrrole nitrogens is 1. The summed E-state index contributed by atoms with van der Waals surface area (Å²) in [4.78, 5) is 25.1. The van der Waals surface area contributed by atoms with Crippen molar-refractivity contribution >= 4 is 22.8 Å². The Morgan fingerprint density at radius 3 is 2.60 bits per heavy atom. The first kappa shape index (κ1) is 14.0. The van der Waals surface area contributed by atoms with Crippen molar-refractivity contribution in [1.29, 1.82) is 0 Å². The Bertz CT molecular complexity index is 688. The van der Waals surface area contributed by atoms with Crippen LogP contribution >= 0.6 is 0 Å². The number of fused-ring (bicyclic) bond motifs is 1. The predicted molar refractivity (Wildman–Crippen MR) is 74.6 cm³/mol. The number of rotatable bonds is 3. The van der Waals surface area contributed by atoms with E-state index in [0.29, 0.717) is 11.1 Å². The fourth-order valence-electron chi connectivity index (χ4n) is 1.95. The maximum absolute atomic E-state index is 12.6. The first-order chi connectivity index (χ1) is 9.25. The number of carbonyl (C=O) groups is 2. The molecule has 0 saturated carbocycles. The van der Waals surface area contributed by atoms with Crippen molar-refractivity contribution in [3.8, 4) is 0 Å². The summed E-state index contributed by atoms with van der Waals surface area (Å²) in [6.07, 6.45) is 1.64. The summed E-state index contributed by atoms with van der Waals surface area (Å²) in [7, 11) is 1.49. The van der Waals surface area contributed by atoms with Gasteiger partial charge in [0.15, 0.2) is 0 Å². The van der Waals surface area contributed by atoms with Gasteiger partial charge in [0.25, 0.3) is 5.91 Å². The molecule has 0 aliphatic carbocycles. The number of hydrogen-bond acceptors (Lipinski definition) is 3. The molecular weight excluding hydrogens is 258 g/mol. The van der Waals surface area contributed by atoms with Crippen molar-refractivity contribution < 1.29 is 14.7 Å². The molecule has 0 spiro atoms. The van der Waals surface area contributed by atoms with Crippen LogP contribution in [-0.2, 0) is 4.79 Å². The van der Waals surface area contributed by atoms with E-state index >= 15 is 0 Å². The van der Waals surface area contributed by atoms with E-state index in [0.717, 1.165) is 10.9 Å². The Hall–Kier alpha value is -2.37. The maximum atomic E-state index is 12.6. The maximum Gasteiger partial charge on any atom is 0.329 e. The number of amides is 1. The highest BCUT2D eigenvalue weighted by Crippen LogP contribution is 2.23. The third-order valence-electron chi connectivity index (χ3n) is 3.59. The van der Waals surface area contributed by atoms with Crippen molar-refractivity contribution in [3.63, 3.8) is 0 Å². The van der Waals surface area contributed by atoms with Crippen LogP contribution in [0, 0.1) is 6.92 Å². The molecule has 0 radical (unpaired) electrons. The monoisotopic (exact) mass is 275 g/mol. The van der Waals surface area contributed by atoms with Crippen LogP contribution in [0.3, 0.4) is 0 Å². The summed E-state index contributed by atoms with van der Waals surface area (Å²) in [6, 6.07) is 3.65. The van der Waals surface area contributed by atoms with Gasteiger partial charge in [-0.05, 0) is 38.5 Å². The smallest absolute Gasteiger partial charge is 0.329 e. The second-order valence-corrected chi connectivity index (χ2v) is 5.38. The number of carbonyl (C=O) groups excluding carboxylic acids is 1. The van der Waals surface area contributed by atoms with E-state index in [9.17, 15) is 14.7 Å². The zero-order valence-corrected chi connectivity index (χ0v) is 11.9. The number of benzene rings is 1. The first-order valence-corrected chi connectivity index (χ1v) is 6.20. The van der Waals surface area contributed by atoms with Gasteiger partial charge in [0.1, 0.15) is 5.54 Å². The second-order valence-electron chi connectivity index (χ2n) is 5.38. The fraction of sp³-hybridized carbons (Fsp3) is 0.357. The molecule has 20 heavy (non-hydrogen) atoms. The minimum absolute atomic E-state index is 0.352. The average Bonchev–Trinajstić information content (AvgIpc) is 2.83. The van der Waals surface area contributed by atoms with Crippen LogP contribution < -0.4 is 0 Å². The fourth-order valence-corrected chi connectivity index (χ4v) is 1.95. The Balaban J connectivity index is 2.51. The summed E-state index contributed by atoms with van der Waals surface area (Å²) in [6.45, 7) is 4.87. The van der Waals surface area contributed by atoms with Crippen LogP contribution in [0.1, 0.15) is 29.8 Å². The zero-order chi connectivity index (χ0) is 15.1. The molecule has 0 bridgehead atoms. The topological polar surface area (TPSA) is 86.3 Å². The minimum Gasteiger partial charge on any atom is -0.480 e. The van der Waals surface area contributed by atoms with Gasteiger partial charge < -0.3 is 10.0 Å². The molecule has 6 heteroatoms. The van der Waals surface area contributed by atoms with Crippen LogP contribution in [0.2, 0.25) is 0 Å². The van der Waals surface area contributed by atoms with Crippen molar-refractivity contribution in [3.05, 3.63) is 29.5 Å². The lowest BCUT2D eigenvalue weighted by atomic mass is 10.0. The van der Waals surface area contributed by atoms with E-state index in [4.69, 9.17) is 0 Å². The van der Waals surface area contributed by atoms with Gasteiger partial charge in [0.2, 0.25) is 0 Å². The molecule has 1 aromatic heterocycles. The predicted octanol–water partition coefficient (Wildman–Crippen LogP) is 1.81. The number of likely N-dealkylation sites (N-methyl/N-ethyl adjacent to an activating group) is 1. The van der Waals surface area contributed by atoms with Crippen LogP contribution in [-0.4, -0.2) is 44.7 Å². The van der Waals surface area contributed by atoms with E-state index in [1.807, 2.05) is 13.0 Å². The molecular formula is C14H17N3O3. The van der Waals surface area contributed by atoms with Crippen LogP contribution in [0.4, 0.5) is 0 Å². The van der Waals surface area contributed by atoms with Gasteiger partial charge in [-0.2, -0.15) is 5.10 Å². The van der Waals surface area contributed by atoms with Gasteiger partial charge >= 0.3 is 5.97 Å². The third-order valence-corrected chi connectivity index (χ3v) is 3.59. The largest absolute Gasteiger partial charge is 0.480 e. The zero-order valence-electron chi connectivity index (χ0n) is 11.9. The number of nitrogens with zero attached hydrogens (tertiary/aromatic N) is 2. The number of aliphatic carboxylic acids is 1. The number of aryl methyl sites for hydroxylation is 1. The summed E-state index contributed by atoms with van der Waals surface area (Å²) < 4.78 is 0. The van der Waals surface area contributed by atoms with E-state index < -0.39 is 11.5 Å². The van der Waals surface area contributed by atoms with Gasteiger partial charge in [0.05, 0.1) is 17.3 Å². The quantitative estimate of drug-likeness (QED) is 0.894. The first-order valence-electron chi connectivity index (χ1n) is 6.20. The molecule has 0 atom stereocenters. The van der Waals surface area contributed by atoms with Gasteiger partial charge in [-0.25, -0.2) is 4.79 Å². The van der Waals surface area contributed by atoms with Gasteiger partial charge in [-0.15, -0.1) is 0 Å². The van der Waals surface area contributed by atoms with Crippen LogP contribution in [0.15, 0.2) is 18.3 Å². The lowest BCUT2D eigenvalue weighted by Crippen LogP contribution is -2.50. The molecule has 6 nitrogen and oxygen atoms in total. The highest BCUT2D eigenvalue weighted by atomic mass is 16.4. The molecule has 1 amide bonds. The number of carboxylic acid groups (broad SMARTS) is 1. The molecule has 106 valence electrons. The Morgan fingerprint density at radius 2 is 2.00 bits per heavy atom. The van der Waals surface area contributed by atoms with E-state index in [1.54, 1.807) is 12.3 Å². The SMILES string of the molecule is Cc1cc(C(=O)N(C)C(C)(C)C(=O)O)c2[nH]ncc2c1. The summed E-state index contributed by atoms with van der Waals surface area (Å²) in [5.41, 5.74) is 0.680. The number of carboxylic acids is 1. The number of hydrogen-bond donors (Lipinski definition) is 2. The average molecular weight is 275 g/mol. The minimum atomic E-state index is -1.28. The molecule has 2 aromatic rings. The molecule has 0 aliphatic heterocycles. The lowest BCUT2D eigenvalue weighted by Gasteiger charge is -2.31. The molecule has 0 fully saturated rings. The third kappa shape index (κ3) is 2.13. The summed E-state index contributed by atoms with van der Waals surface area (Å²) >= 11 is 0. The Morgan fingerprint density at radius 1 is 1.35 bits per heavy atom. The highest BCUT2D eigenvalue weighted by molar-refractivity contribution is 6.07. The number of aromatic amines is 1. The Labute approximate surface area is 116 Å². The van der Waals surface area contributed by atoms with Crippen molar-refractivity contribution in [2.75, 3.05) is 7.05 Å². The molecule has 0 saturated heterocycles. The standard InChI is InChI=1S/C14H17N3O3/c1-8-5-9-7-15-16-11(9)10(6-8)12(18)17(4)14(2,3)13(19)20/h5-7H,1-4H3,(H,15,16)(H,19,20). The lowest BCUT2D eigenvalue weighted by molar-refractivity contribution is -0.147. The van der Waals surface area contributed by atoms with Crippen molar-refractivity contribution in [2.45, 2.75) is 26.3 Å². The van der Waals surface area contributed by atoms with E-state index in [1.165, 1.54) is 25.8 Å². The van der Waals surface area contributed by atoms with Gasteiger partial charge in [-0.1, -0.05) is 0 Å². The number of aromatic nitrogens is 2.